The van der Waals surface area contributed by atoms with Gasteiger partial charge in [0.2, 0.25) is 16.0 Å². The number of nitrogens with zero attached hydrogens (tertiary/aromatic N) is 3. The Bertz CT molecular complexity index is 840. The predicted octanol–water partition coefficient (Wildman–Crippen LogP) is 3.09. The zero-order valence-electron chi connectivity index (χ0n) is 14.6. The van der Waals surface area contributed by atoms with Gasteiger partial charge in [-0.25, -0.2) is 17.7 Å². The smallest absolute Gasteiger partial charge is 0.229 e. The van der Waals surface area contributed by atoms with Gasteiger partial charge in [-0.15, -0.1) is 0 Å². The molecule has 9 heteroatoms. The molecule has 2 rings (SSSR count). The van der Waals surface area contributed by atoms with E-state index in [0.29, 0.717) is 28.0 Å². The van der Waals surface area contributed by atoms with Crippen LogP contribution < -0.4 is 10.6 Å². The molecule has 1 aromatic carbocycles. The molecule has 0 saturated carbocycles. The van der Waals surface area contributed by atoms with Crippen LogP contribution in [-0.4, -0.2) is 42.8 Å². The fraction of sp³-hybridized carbons (Fsp3) is 0.375. The van der Waals surface area contributed by atoms with Crippen molar-refractivity contribution in [3.63, 3.8) is 0 Å². The molecule has 0 fully saturated rings. The van der Waals surface area contributed by atoms with Gasteiger partial charge in [0.15, 0.2) is 5.82 Å². The first-order chi connectivity index (χ1) is 11.7. The molecule has 0 amide bonds. The molecule has 1 aromatic heterocycles. The monoisotopic (exact) mass is 383 g/mol. The van der Waals surface area contributed by atoms with Crippen molar-refractivity contribution >= 4 is 39.1 Å². The minimum atomic E-state index is -3.32. The molecule has 0 radical (unpaired) electrons. The summed E-state index contributed by atoms with van der Waals surface area (Å²) in [4.78, 5) is 8.50. The molecule has 1 heterocycles. The summed E-state index contributed by atoms with van der Waals surface area (Å²) in [5.74, 6) is 0.845. The molecule has 0 bridgehead atoms. The molecule has 7 nitrogen and oxygen atoms in total. The highest BCUT2D eigenvalue weighted by Gasteiger charge is 2.15. The fourth-order valence-electron chi connectivity index (χ4n) is 2.01. The molecule has 0 unspecified atom stereocenters. The topological polar surface area (TPSA) is 87.2 Å². The van der Waals surface area contributed by atoms with Crippen LogP contribution in [0.4, 0.5) is 17.5 Å². The lowest BCUT2D eigenvalue weighted by Crippen LogP contribution is -2.23. The predicted molar refractivity (Wildman–Crippen MR) is 102 cm³/mol. The van der Waals surface area contributed by atoms with E-state index < -0.39 is 10.0 Å². The molecule has 0 aliphatic heterocycles. The summed E-state index contributed by atoms with van der Waals surface area (Å²) < 4.78 is 25.2. The third-order valence-electron chi connectivity index (χ3n) is 3.26. The number of aromatic nitrogens is 2. The Labute approximate surface area is 153 Å². The number of halogens is 1. The molecule has 0 atom stereocenters. The standard InChI is InChI=1S/C16H22ClN5O2S/c1-11(2)19-15-14(17)9-18-16(21-15)20-13-7-5-6-12(8-13)10-25(23,24)22(3)4/h5-9,11H,10H2,1-4H3,(H2,18,19,20,21). The van der Waals surface area contributed by atoms with Crippen molar-refractivity contribution in [1.82, 2.24) is 14.3 Å². The second kappa shape index (κ2) is 7.99. The van der Waals surface area contributed by atoms with Crippen molar-refractivity contribution in [3.05, 3.63) is 41.0 Å². The Kier molecular flexibility index (Phi) is 6.21. The largest absolute Gasteiger partial charge is 0.366 e. The number of nitrogens with one attached hydrogen (secondary N) is 2. The Morgan fingerprint density at radius 2 is 2.00 bits per heavy atom. The van der Waals surface area contributed by atoms with Crippen LogP contribution in [-0.2, 0) is 15.8 Å². The molecule has 2 aromatic rings. The summed E-state index contributed by atoms with van der Waals surface area (Å²) in [6.45, 7) is 3.97. The minimum absolute atomic E-state index is 0.0723. The first kappa shape index (κ1) is 19.4. The summed E-state index contributed by atoms with van der Waals surface area (Å²) >= 11 is 6.08. The molecule has 25 heavy (non-hydrogen) atoms. The molecule has 0 aliphatic rings. The van der Waals surface area contributed by atoms with Crippen LogP contribution >= 0.6 is 11.6 Å². The quantitative estimate of drug-likeness (QED) is 0.763. The highest BCUT2D eigenvalue weighted by molar-refractivity contribution is 7.88. The summed E-state index contributed by atoms with van der Waals surface area (Å²) in [5.41, 5.74) is 1.37. The van der Waals surface area contributed by atoms with Crippen molar-refractivity contribution < 1.29 is 8.42 Å². The third-order valence-corrected chi connectivity index (χ3v) is 5.35. The van der Waals surface area contributed by atoms with Gasteiger partial charge < -0.3 is 10.6 Å². The molecule has 0 saturated heterocycles. The number of benzene rings is 1. The minimum Gasteiger partial charge on any atom is -0.366 e. The first-order valence-electron chi connectivity index (χ1n) is 7.72. The zero-order valence-corrected chi connectivity index (χ0v) is 16.2. The second-order valence-electron chi connectivity index (χ2n) is 6.05. The molecule has 0 aliphatic carbocycles. The normalized spacial score (nSPS) is 11.8. The summed E-state index contributed by atoms with van der Waals surface area (Å²) in [5, 5.41) is 6.65. The van der Waals surface area contributed by atoms with Crippen LogP contribution in [0, 0.1) is 0 Å². The van der Waals surface area contributed by atoms with Crippen LogP contribution in [0.25, 0.3) is 0 Å². The van der Waals surface area contributed by atoms with Gasteiger partial charge in [-0.2, -0.15) is 4.98 Å². The van der Waals surface area contributed by atoms with Crippen LogP contribution in [0.15, 0.2) is 30.5 Å². The Morgan fingerprint density at radius 3 is 2.64 bits per heavy atom. The van der Waals surface area contributed by atoms with E-state index in [1.54, 1.807) is 18.2 Å². The third kappa shape index (κ3) is 5.55. The maximum absolute atomic E-state index is 12.0. The summed E-state index contributed by atoms with van der Waals surface area (Å²) in [6.07, 6.45) is 1.52. The van der Waals surface area contributed by atoms with Crippen molar-refractivity contribution in [2.45, 2.75) is 25.6 Å². The number of anilines is 3. The maximum Gasteiger partial charge on any atom is 0.229 e. The van der Waals surface area contributed by atoms with E-state index in [9.17, 15) is 8.42 Å². The van der Waals surface area contributed by atoms with E-state index in [4.69, 9.17) is 11.6 Å². The van der Waals surface area contributed by atoms with E-state index >= 15 is 0 Å². The van der Waals surface area contributed by atoms with E-state index in [-0.39, 0.29) is 11.8 Å². The average molecular weight is 384 g/mol. The van der Waals surface area contributed by atoms with Crippen LogP contribution in [0.2, 0.25) is 5.02 Å². The highest BCUT2D eigenvalue weighted by atomic mass is 35.5. The first-order valence-corrected chi connectivity index (χ1v) is 9.71. The lowest BCUT2D eigenvalue weighted by atomic mass is 10.2. The Morgan fingerprint density at radius 1 is 1.28 bits per heavy atom. The molecular weight excluding hydrogens is 362 g/mol. The van der Waals surface area contributed by atoms with Gasteiger partial charge in [0.05, 0.1) is 11.9 Å². The van der Waals surface area contributed by atoms with Crippen LogP contribution in [0.3, 0.4) is 0 Å². The van der Waals surface area contributed by atoms with Crippen LogP contribution in [0.5, 0.6) is 0 Å². The lowest BCUT2D eigenvalue weighted by Gasteiger charge is -2.13. The van der Waals surface area contributed by atoms with Crippen molar-refractivity contribution in [3.8, 4) is 0 Å². The SMILES string of the molecule is CC(C)Nc1nc(Nc2cccc(CS(=O)(=O)N(C)C)c2)ncc1Cl. The van der Waals surface area contributed by atoms with Crippen molar-refractivity contribution in [1.29, 1.82) is 0 Å². The average Bonchev–Trinajstić information content (AvgIpc) is 2.50. The van der Waals surface area contributed by atoms with Crippen molar-refractivity contribution in [2.75, 3.05) is 24.7 Å². The van der Waals surface area contributed by atoms with Gasteiger partial charge in [-0.05, 0) is 31.5 Å². The second-order valence-corrected chi connectivity index (χ2v) is 8.64. The van der Waals surface area contributed by atoms with E-state index in [1.165, 1.54) is 24.6 Å². The molecule has 0 spiro atoms. The highest BCUT2D eigenvalue weighted by Crippen LogP contribution is 2.22. The van der Waals surface area contributed by atoms with Crippen molar-refractivity contribution in [2.24, 2.45) is 0 Å². The van der Waals surface area contributed by atoms with Gasteiger partial charge in [0.1, 0.15) is 5.02 Å². The molecular formula is C16H22ClN5O2S. The molecule has 2 N–H and O–H groups in total. The Balaban J connectivity index is 2.20. The maximum atomic E-state index is 12.0. The number of sulfonamides is 1. The van der Waals surface area contributed by atoms with Gasteiger partial charge in [-0.3, -0.25) is 0 Å². The van der Waals surface area contributed by atoms with E-state index in [0.717, 1.165) is 0 Å². The van der Waals surface area contributed by atoms with E-state index in [1.807, 2.05) is 19.9 Å². The lowest BCUT2D eigenvalue weighted by molar-refractivity contribution is 0.520. The number of rotatable bonds is 7. The van der Waals surface area contributed by atoms with Gasteiger partial charge in [0.25, 0.3) is 0 Å². The van der Waals surface area contributed by atoms with Gasteiger partial charge in [0, 0.05) is 25.8 Å². The number of hydrogen-bond acceptors (Lipinski definition) is 6. The zero-order chi connectivity index (χ0) is 18.6. The number of hydrogen-bond donors (Lipinski definition) is 2. The van der Waals surface area contributed by atoms with Crippen LogP contribution in [0.1, 0.15) is 19.4 Å². The van der Waals surface area contributed by atoms with Gasteiger partial charge in [-0.1, -0.05) is 23.7 Å². The molecule has 136 valence electrons. The summed E-state index contributed by atoms with van der Waals surface area (Å²) in [7, 11) is -0.288. The fourth-order valence-corrected chi connectivity index (χ4v) is 3.01. The Hall–Kier alpha value is -1.90. The van der Waals surface area contributed by atoms with Gasteiger partial charge >= 0.3 is 0 Å². The van der Waals surface area contributed by atoms with E-state index in [2.05, 4.69) is 20.6 Å². The summed E-state index contributed by atoms with van der Waals surface area (Å²) in [6, 6.07) is 7.31.